The van der Waals surface area contributed by atoms with Gasteiger partial charge in [0, 0.05) is 18.2 Å². The van der Waals surface area contributed by atoms with E-state index in [9.17, 15) is 0 Å². The highest BCUT2D eigenvalue weighted by molar-refractivity contribution is 8.06. The van der Waals surface area contributed by atoms with Crippen molar-refractivity contribution in [1.29, 1.82) is 0 Å². The molecule has 1 N–H and O–H groups in total. The van der Waals surface area contributed by atoms with Crippen LogP contribution in [0.3, 0.4) is 0 Å². The molecular weight excluding hydrogens is 294 g/mol. The summed E-state index contributed by atoms with van der Waals surface area (Å²) in [5.74, 6) is 2.27. The van der Waals surface area contributed by atoms with Gasteiger partial charge in [-0.3, -0.25) is 0 Å². The van der Waals surface area contributed by atoms with Crippen LogP contribution in [0.25, 0.3) is 0 Å². The second-order valence-electron chi connectivity index (χ2n) is 5.40. The van der Waals surface area contributed by atoms with E-state index in [0.29, 0.717) is 5.92 Å². The van der Waals surface area contributed by atoms with Gasteiger partial charge in [-0.15, -0.1) is 0 Å². The molecule has 1 aliphatic heterocycles. The van der Waals surface area contributed by atoms with Gasteiger partial charge in [0.15, 0.2) is 0 Å². The fourth-order valence-corrected chi connectivity index (χ4v) is 3.42. The van der Waals surface area contributed by atoms with Crippen molar-refractivity contribution in [3.63, 3.8) is 0 Å². The quantitative estimate of drug-likeness (QED) is 0.823. The number of nitrogens with one attached hydrogen (secondary N) is 1. The van der Waals surface area contributed by atoms with Crippen molar-refractivity contribution in [3.8, 4) is 11.5 Å². The van der Waals surface area contributed by atoms with E-state index in [1.165, 1.54) is 9.93 Å². The first-order valence-electron chi connectivity index (χ1n) is 7.69. The van der Waals surface area contributed by atoms with Crippen LogP contribution in [0.1, 0.15) is 32.3 Å². The Labute approximate surface area is 137 Å². The third-order valence-electron chi connectivity index (χ3n) is 3.68. The summed E-state index contributed by atoms with van der Waals surface area (Å²) in [6, 6.07) is 5.93. The number of allylic oxidation sites excluding steroid dienone is 3. The van der Waals surface area contributed by atoms with Crippen LogP contribution in [0.2, 0.25) is 0 Å². The molecule has 120 valence electrons. The van der Waals surface area contributed by atoms with E-state index in [2.05, 4.69) is 31.3 Å². The topological polar surface area (TPSA) is 30.5 Å². The molecular formula is C18H25NO2S. The van der Waals surface area contributed by atoms with Crippen molar-refractivity contribution in [1.82, 2.24) is 5.32 Å². The first-order valence-corrected chi connectivity index (χ1v) is 8.51. The summed E-state index contributed by atoms with van der Waals surface area (Å²) in [7, 11) is 3.36. The first-order chi connectivity index (χ1) is 10.7. The highest BCUT2D eigenvalue weighted by Gasteiger charge is 2.11. The molecule has 4 heteroatoms. The Balaban J connectivity index is 2.05. The molecule has 1 heterocycles. The zero-order chi connectivity index (χ0) is 15.9. The maximum Gasteiger partial charge on any atom is 0.127 e. The standard InChI is InChI=1S/C18H25NO2S/c1-5-16-10-13(2)6-9-18(22-16)19-12-14-7-8-15(20-3)11-17(14)21-4/h7-11,13,19H,5-6,12H2,1-4H3. The number of hydrogen-bond acceptors (Lipinski definition) is 4. The SMILES string of the molecule is CCC1=CC(C)CC=C(NCc2ccc(OC)cc2OC)S1. The molecule has 1 unspecified atom stereocenters. The van der Waals surface area contributed by atoms with Gasteiger partial charge in [0.2, 0.25) is 0 Å². The van der Waals surface area contributed by atoms with Gasteiger partial charge in [0.05, 0.1) is 19.2 Å². The molecule has 22 heavy (non-hydrogen) atoms. The zero-order valence-electron chi connectivity index (χ0n) is 13.8. The van der Waals surface area contributed by atoms with Gasteiger partial charge in [0.1, 0.15) is 11.5 Å². The van der Waals surface area contributed by atoms with Crippen LogP contribution in [0.5, 0.6) is 11.5 Å². The summed E-state index contributed by atoms with van der Waals surface area (Å²) in [5, 5.41) is 4.77. The third-order valence-corrected chi connectivity index (χ3v) is 4.90. The summed E-state index contributed by atoms with van der Waals surface area (Å²) in [6.07, 6.45) is 6.84. The molecule has 0 spiro atoms. The van der Waals surface area contributed by atoms with E-state index < -0.39 is 0 Å². The first kappa shape index (κ1) is 16.8. The minimum absolute atomic E-state index is 0.609. The fraction of sp³-hybridized carbons (Fsp3) is 0.444. The summed E-state index contributed by atoms with van der Waals surface area (Å²) >= 11 is 1.84. The summed E-state index contributed by atoms with van der Waals surface area (Å²) in [4.78, 5) is 1.44. The smallest absolute Gasteiger partial charge is 0.127 e. The van der Waals surface area contributed by atoms with Crippen LogP contribution in [-0.2, 0) is 6.54 Å². The van der Waals surface area contributed by atoms with Gasteiger partial charge in [-0.25, -0.2) is 0 Å². The second kappa shape index (κ2) is 8.18. The average Bonchev–Trinajstić information content (AvgIpc) is 2.74. The molecule has 0 amide bonds. The van der Waals surface area contributed by atoms with Gasteiger partial charge < -0.3 is 14.8 Å². The van der Waals surface area contributed by atoms with Crippen molar-refractivity contribution in [2.75, 3.05) is 14.2 Å². The number of ether oxygens (including phenoxy) is 2. The van der Waals surface area contributed by atoms with Crippen molar-refractivity contribution in [2.45, 2.75) is 33.2 Å². The lowest BCUT2D eigenvalue weighted by atomic mass is 10.1. The number of rotatable bonds is 6. The van der Waals surface area contributed by atoms with Crippen LogP contribution in [0, 0.1) is 5.92 Å². The predicted molar refractivity (Wildman–Crippen MR) is 94.2 cm³/mol. The molecule has 0 fully saturated rings. The molecule has 3 nitrogen and oxygen atoms in total. The van der Waals surface area contributed by atoms with Gasteiger partial charge in [-0.1, -0.05) is 37.8 Å². The van der Waals surface area contributed by atoms with Crippen molar-refractivity contribution < 1.29 is 9.47 Å². The van der Waals surface area contributed by atoms with Crippen LogP contribution in [-0.4, -0.2) is 14.2 Å². The molecule has 0 radical (unpaired) electrons. The number of thioether (sulfide) groups is 1. The molecule has 1 aliphatic rings. The molecule has 0 aromatic heterocycles. The van der Waals surface area contributed by atoms with E-state index in [0.717, 1.165) is 36.4 Å². The second-order valence-corrected chi connectivity index (χ2v) is 6.57. The largest absolute Gasteiger partial charge is 0.497 e. The zero-order valence-corrected chi connectivity index (χ0v) is 14.6. The summed E-state index contributed by atoms with van der Waals surface area (Å²) < 4.78 is 10.7. The van der Waals surface area contributed by atoms with Crippen molar-refractivity contribution in [2.24, 2.45) is 5.92 Å². The minimum Gasteiger partial charge on any atom is -0.497 e. The fourth-order valence-electron chi connectivity index (χ4n) is 2.37. The molecule has 2 rings (SSSR count). The lowest BCUT2D eigenvalue weighted by molar-refractivity contribution is 0.390. The average molecular weight is 319 g/mol. The van der Waals surface area contributed by atoms with Crippen LogP contribution >= 0.6 is 11.8 Å². The third kappa shape index (κ3) is 4.47. The lowest BCUT2D eigenvalue weighted by Crippen LogP contribution is -2.11. The van der Waals surface area contributed by atoms with Gasteiger partial charge in [-0.2, -0.15) is 0 Å². The predicted octanol–water partition coefficient (Wildman–Crippen LogP) is 4.70. The molecule has 0 bridgehead atoms. The Morgan fingerprint density at radius 1 is 1.27 bits per heavy atom. The van der Waals surface area contributed by atoms with Gasteiger partial charge in [-0.05, 0) is 35.8 Å². The molecule has 0 saturated carbocycles. The Bertz CT molecular complexity index is 566. The molecule has 1 aromatic rings. The van der Waals surface area contributed by atoms with Crippen LogP contribution in [0.4, 0.5) is 0 Å². The molecule has 0 saturated heterocycles. The Morgan fingerprint density at radius 3 is 2.77 bits per heavy atom. The van der Waals surface area contributed by atoms with Crippen molar-refractivity contribution in [3.05, 3.63) is 45.8 Å². The number of methoxy groups -OCH3 is 2. The van der Waals surface area contributed by atoms with Crippen molar-refractivity contribution >= 4 is 11.8 Å². The Kier molecular flexibility index (Phi) is 6.25. The molecule has 1 aromatic carbocycles. The maximum atomic E-state index is 5.45. The van der Waals surface area contributed by atoms with E-state index in [1.807, 2.05) is 30.0 Å². The Hall–Kier alpha value is -1.55. The highest BCUT2D eigenvalue weighted by atomic mass is 32.2. The van der Waals surface area contributed by atoms with Crippen LogP contribution < -0.4 is 14.8 Å². The van der Waals surface area contributed by atoms with E-state index in [1.54, 1.807) is 14.2 Å². The van der Waals surface area contributed by atoms with Crippen LogP contribution in [0.15, 0.2) is 40.3 Å². The van der Waals surface area contributed by atoms with Gasteiger partial charge in [0.25, 0.3) is 0 Å². The molecule has 1 atom stereocenters. The summed E-state index contributed by atoms with van der Waals surface area (Å²) in [6.45, 7) is 5.22. The minimum atomic E-state index is 0.609. The number of benzene rings is 1. The Morgan fingerprint density at radius 2 is 2.09 bits per heavy atom. The van der Waals surface area contributed by atoms with E-state index in [4.69, 9.17) is 9.47 Å². The van der Waals surface area contributed by atoms with E-state index in [-0.39, 0.29) is 0 Å². The monoisotopic (exact) mass is 319 g/mol. The number of hydrogen-bond donors (Lipinski definition) is 1. The highest BCUT2D eigenvalue weighted by Crippen LogP contribution is 2.32. The lowest BCUT2D eigenvalue weighted by Gasteiger charge is -2.14. The van der Waals surface area contributed by atoms with E-state index >= 15 is 0 Å². The maximum absolute atomic E-state index is 5.45. The summed E-state index contributed by atoms with van der Waals surface area (Å²) in [5.41, 5.74) is 1.13. The molecule has 0 aliphatic carbocycles. The normalized spacial score (nSPS) is 18.1. The van der Waals surface area contributed by atoms with Gasteiger partial charge >= 0.3 is 0 Å².